The highest BCUT2D eigenvalue weighted by atomic mass is 16.5. The van der Waals surface area contributed by atoms with Crippen LogP contribution >= 0.6 is 0 Å². The Morgan fingerprint density at radius 2 is 1.90 bits per heavy atom. The summed E-state index contributed by atoms with van der Waals surface area (Å²) in [5.74, 6) is 0.633. The zero-order chi connectivity index (χ0) is 7.40. The van der Waals surface area contributed by atoms with Gasteiger partial charge in [0, 0.05) is 19.7 Å². The highest BCUT2D eigenvalue weighted by Crippen LogP contribution is 2.18. The van der Waals surface area contributed by atoms with Gasteiger partial charge >= 0.3 is 0 Å². The molecular weight excluding hydrogens is 130 g/mol. The van der Waals surface area contributed by atoms with E-state index in [9.17, 15) is 0 Å². The normalized spacial score (nSPS) is 23.4. The van der Waals surface area contributed by atoms with Crippen LogP contribution in [0.1, 0.15) is 19.3 Å². The molecule has 0 aromatic heterocycles. The Morgan fingerprint density at radius 1 is 1.30 bits per heavy atom. The lowest BCUT2D eigenvalue weighted by atomic mass is 9.95. The van der Waals surface area contributed by atoms with Crippen molar-refractivity contribution < 1.29 is 10.3 Å². The maximum Gasteiger partial charge on any atom is 0.0433 e. The van der Waals surface area contributed by atoms with E-state index >= 15 is 0 Å². The molecule has 0 unspecified atom stereocenters. The summed E-state index contributed by atoms with van der Waals surface area (Å²) in [5, 5.41) is 18.9. The van der Waals surface area contributed by atoms with E-state index in [1.807, 2.05) is 0 Å². The van der Waals surface area contributed by atoms with Gasteiger partial charge in [0.1, 0.15) is 0 Å². The number of hydrogen-bond donors (Lipinski definition) is 2. The smallest absolute Gasteiger partial charge is 0.0433 e. The van der Waals surface area contributed by atoms with Crippen LogP contribution in [0.3, 0.4) is 0 Å². The monoisotopic (exact) mass is 145 g/mol. The van der Waals surface area contributed by atoms with E-state index in [4.69, 9.17) is 10.3 Å². The summed E-state index contributed by atoms with van der Waals surface area (Å²) in [6.45, 7) is 1.82. The zero-order valence-corrected chi connectivity index (χ0v) is 6.16. The Morgan fingerprint density at radius 3 is 2.40 bits per heavy atom. The van der Waals surface area contributed by atoms with Gasteiger partial charge in [-0.2, -0.15) is 5.06 Å². The molecule has 0 spiro atoms. The van der Waals surface area contributed by atoms with Crippen LogP contribution in [0.15, 0.2) is 0 Å². The molecule has 0 bridgehead atoms. The first kappa shape index (κ1) is 7.98. The molecule has 0 saturated carbocycles. The molecule has 1 aliphatic heterocycles. The van der Waals surface area contributed by atoms with E-state index < -0.39 is 0 Å². The first-order chi connectivity index (χ1) is 4.83. The molecule has 3 nitrogen and oxygen atoms in total. The third kappa shape index (κ3) is 2.25. The molecular formula is C7H15NO2. The Labute approximate surface area is 61.2 Å². The van der Waals surface area contributed by atoms with Crippen molar-refractivity contribution in [3.63, 3.8) is 0 Å². The van der Waals surface area contributed by atoms with Gasteiger partial charge in [-0.15, -0.1) is 0 Å². The molecule has 1 rings (SSSR count). The highest BCUT2D eigenvalue weighted by molar-refractivity contribution is 4.66. The van der Waals surface area contributed by atoms with Crippen LogP contribution in [0.2, 0.25) is 0 Å². The number of nitrogens with zero attached hydrogens (tertiary/aromatic N) is 1. The standard InChI is InChI=1S/C7H15NO2/c9-6-3-7-1-4-8(10)5-2-7/h7,9-10H,1-6H2. The van der Waals surface area contributed by atoms with Crippen molar-refractivity contribution in [1.29, 1.82) is 0 Å². The fraction of sp³-hybridized carbons (Fsp3) is 1.00. The fourth-order valence-corrected chi connectivity index (χ4v) is 1.39. The summed E-state index contributed by atoms with van der Waals surface area (Å²) >= 11 is 0. The van der Waals surface area contributed by atoms with E-state index in [1.165, 1.54) is 5.06 Å². The van der Waals surface area contributed by atoms with Crippen LogP contribution < -0.4 is 0 Å². The van der Waals surface area contributed by atoms with Crippen molar-refractivity contribution >= 4 is 0 Å². The summed E-state index contributed by atoms with van der Waals surface area (Å²) in [5.41, 5.74) is 0. The maximum atomic E-state index is 8.97. The maximum absolute atomic E-state index is 8.97. The van der Waals surface area contributed by atoms with Gasteiger partial charge in [-0.3, -0.25) is 0 Å². The van der Waals surface area contributed by atoms with Crippen LogP contribution in [0.4, 0.5) is 0 Å². The minimum Gasteiger partial charge on any atom is -0.396 e. The zero-order valence-electron chi connectivity index (χ0n) is 6.16. The number of rotatable bonds is 2. The third-order valence-electron chi connectivity index (χ3n) is 2.13. The van der Waals surface area contributed by atoms with Gasteiger partial charge < -0.3 is 10.3 Å². The van der Waals surface area contributed by atoms with E-state index in [0.717, 1.165) is 32.4 Å². The molecule has 1 heterocycles. The van der Waals surface area contributed by atoms with E-state index in [-0.39, 0.29) is 6.61 Å². The molecule has 1 saturated heterocycles. The van der Waals surface area contributed by atoms with Gasteiger partial charge in [-0.05, 0) is 25.2 Å². The molecule has 2 N–H and O–H groups in total. The first-order valence-corrected chi connectivity index (χ1v) is 3.87. The Hall–Kier alpha value is -0.120. The lowest BCUT2D eigenvalue weighted by Gasteiger charge is -2.26. The number of aliphatic hydroxyl groups excluding tert-OH is 1. The first-order valence-electron chi connectivity index (χ1n) is 3.87. The predicted octanol–water partition coefficient (Wildman–Crippen LogP) is 0.470. The molecule has 0 aromatic carbocycles. The van der Waals surface area contributed by atoms with Crippen molar-refractivity contribution in [2.75, 3.05) is 19.7 Å². The minimum absolute atomic E-state index is 0.288. The lowest BCUT2D eigenvalue weighted by Crippen LogP contribution is -2.30. The van der Waals surface area contributed by atoms with Gasteiger partial charge in [0.25, 0.3) is 0 Å². The second kappa shape index (κ2) is 3.91. The molecule has 10 heavy (non-hydrogen) atoms. The molecule has 1 fully saturated rings. The van der Waals surface area contributed by atoms with Crippen LogP contribution in [-0.4, -0.2) is 35.1 Å². The molecule has 0 aliphatic carbocycles. The van der Waals surface area contributed by atoms with E-state index in [0.29, 0.717) is 5.92 Å². The summed E-state index contributed by atoms with van der Waals surface area (Å²) in [7, 11) is 0. The molecule has 1 aliphatic rings. The second-order valence-electron chi connectivity index (χ2n) is 2.91. The Bertz CT molecular complexity index is 89.6. The molecule has 0 amide bonds. The van der Waals surface area contributed by atoms with E-state index in [2.05, 4.69) is 0 Å². The lowest BCUT2D eigenvalue weighted by molar-refractivity contribution is -0.113. The topological polar surface area (TPSA) is 43.7 Å². The van der Waals surface area contributed by atoms with Gasteiger partial charge in [0.15, 0.2) is 0 Å². The minimum atomic E-state index is 0.288. The summed E-state index contributed by atoms with van der Waals surface area (Å²) in [6.07, 6.45) is 2.95. The third-order valence-corrected chi connectivity index (χ3v) is 2.13. The van der Waals surface area contributed by atoms with Crippen molar-refractivity contribution in [2.45, 2.75) is 19.3 Å². The number of piperidine rings is 1. The van der Waals surface area contributed by atoms with Crippen LogP contribution in [0.25, 0.3) is 0 Å². The van der Waals surface area contributed by atoms with Gasteiger partial charge in [-0.25, -0.2) is 0 Å². The van der Waals surface area contributed by atoms with Crippen LogP contribution in [0, 0.1) is 5.92 Å². The predicted molar refractivity (Wildman–Crippen MR) is 37.8 cm³/mol. The molecule has 0 radical (unpaired) electrons. The summed E-state index contributed by atoms with van der Waals surface area (Å²) in [4.78, 5) is 0. The summed E-state index contributed by atoms with van der Waals surface area (Å²) < 4.78 is 0. The number of hydroxylamine groups is 2. The SMILES string of the molecule is OCCC1CCN(O)CC1. The summed E-state index contributed by atoms with van der Waals surface area (Å²) in [6, 6.07) is 0. The fourth-order valence-electron chi connectivity index (χ4n) is 1.39. The Kier molecular flexibility index (Phi) is 3.12. The van der Waals surface area contributed by atoms with Crippen LogP contribution in [0.5, 0.6) is 0 Å². The molecule has 0 aromatic rings. The number of hydrogen-bond acceptors (Lipinski definition) is 3. The van der Waals surface area contributed by atoms with Crippen molar-refractivity contribution in [3.8, 4) is 0 Å². The van der Waals surface area contributed by atoms with Crippen molar-refractivity contribution in [1.82, 2.24) is 5.06 Å². The van der Waals surface area contributed by atoms with Gasteiger partial charge in [0.2, 0.25) is 0 Å². The highest BCUT2D eigenvalue weighted by Gasteiger charge is 2.16. The largest absolute Gasteiger partial charge is 0.396 e. The molecule has 0 atom stereocenters. The van der Waals surface area contributed by atoms with Gasteiger partial charge in [0.05, 0.1) is 0 Å². The van der Waals surface area contributed by atoms with E-state index in [1.54, 1.807) is 0 Å². The molecule has 60 valence electrons. The average Bonchev–Trinajstić information content (AvgIpc) is 1.95. The second-order valence-corrected chi connectivity index (χ2v) is 2.91. The van der Waals surface area contributed by atoms with Crippen molar-refractivity contribution in [3.05, 3.63) is 0 Å². The Balaban J connectivity index is 2.13. The quantitative estimate of drug-likeness (QED) is 0.593. The van der Waals surface area contributed by atoms with Crippen LogP contribution in [-0.2, 0) is 0 Å². The van der Waals surface area contributed by atoms with Gasteiger partial charge in [-0.1, -0.05) is 0 Å². The van der Waals surface area contributed by atoms with Crippen molar-refractivity contribution in [2.24, 2.45) is 5.92 Å². The number of aliphatic hydroxyl groups is 1. The molecule has 3 heteroatoms. The average molecular weight is 145 g/mol.